The fourth-order valence-corrected chi connectivity index (χ4v) is 5.81. The zero-order valence-corrected chi connectivity index (χ0v) is 18.9. The van der Waals surface area contributed by atoms with E-state index in [2.05, 4.69) is 4.90 Å². The number of benzene rings is 2. The number of anilines is 1. The van der Waals surface area contributed by atoms with Crippen LogP contribution in [0.25, 0.3) is 0 Å². The Morgan fingerprint density at radius 2 is 1.48 bits per heavy atom. The summed E-state index contributed by atoms with van der Waals surface area (Å²) in [5, 5.41) is 0. The van der Waals surface area contributed by atoms with Crippen LogP contribution in [0.4, 0.5) is 5.69 Å². The summed E-state index contributed by atoms with van der Waals surface area (Å²) in [5.41, 5.74) is 1.50. The van der Waals surface area contributed by atoms with Gasteiger partial charge in [-0.2, -0.15) is 4.31 Å². The first-order chi connectivity index (χ1) is 15.9. The van der Waals surface area contributed by atoms with Crippen molar-refractivity contribution in [1.82, 2.24) is 9.21 Å². The number of imide groups is 1. The van der Waals surface area contributed by atoms with Crippen LogP contribution >= 0.6 is 0 Å². The highest BCUT2D eigenvalue weighted by Crippen LogP contribution is 2.33. The van der Waals surface area contributed by atoms with E-state index in [0.29, 0.717) is 57.7 Å². The number of carbonyl (C=O) groups excluding carboxylic acids is 2. The summed E-state index contributed by atoms with van der Waals surface area (Å²) >= 11 is 0. The summed E-state index contributed by atoms with van der Waals surface area (Å²) in [6.45, 7) is 2.94. The molecule has 0 bridgehead atoms. The fraction of sp³-hybridized carbons (Fsp3) is 0.391. The Bertz CT molecular complexity index is 1160. The molecule has 2 aromatic rings. The summed E-state index contributed by atoms with van der Waals surface area (Å²) in [6, 6.07) is 11.9. The highest BCUT2D eigenvalue weighted by atomic mass is 32.2. The molecule has 0 atom stereocenters. The number of carbonyl (C=O) groups is 2. The molecule has 33 heavy (non-hydrogen) atoms. The van der Waals surface area contributed by atoms with Crippen LogP contribution in [0.1, 0.15) is 24.8 Å². The van der Waals surface area contributed by atoms with Gasteiger partial charge in [-0.15, -0.1) is 0 Å². The Morgan fingerprint density at radius 3 is 2.18 bits per heavy atom. The van der Waals surface area contributed by atoms with E-state index in [1.807, 2.05) is 18.2 Å². The van der Waals surface area contributed by atoms with Crippen LogP contribution in [0.2, 0.25) is 0 Å². The van der Waals surface area contributed by atoms with E-state index in [0.717, 1.165) is 22.0 Å². The third-order valence-corrected chi connectivity index (χ3v) is 8.10. The highest BCUT2D eigenvalue weighted by molar-refractivity contribution is 7.89. The molecule has 5 rings (SSSR count). The highest BCUT2D eigenvalue weighted by Gasteiger charge is 2.30. The second-order valence-electron chi connectivity index (χ2n) is 8.34. The number of ether oxygens (including phenoxy) is 2. The van der Waals surface area contributed by atoms with E-state index < -0.39 is 10.0 Å². The zero-order chi connectivity index (χ0) is 23.0. The molecule has 174 valence electrons. The van der Waals surface area contributed by atoms with Crippen LogP contribution < -0.4 is 14.4 Å². The van der Waals surface area contributed by atoms with Crippen LogP contribution in [0.15, 0.2) is 47.4 Å². The van der Waals surface area contributed by atoms with Crippen LogP contribution in [-0.4, -0.2) is 62.4 Å². The van der Waals surface area contributed by atoms with Gasteiger partial charge >= 0.3 is 0 Å². The Kier molecular flexibility index (Phi) is 5.81. The molecule has 0 unspecified atom stereocenters. The number of piperazine rings is 1. The largest absolute Gasteiger partial charge is 0.454 e. The molecule has 3 aliphatic rings. The molecule has 2 fully saturated rings. The van der Waals surface area contributed by atoms with Gasteiger partial charge in [-0.05, 0) is 48.4 Å². The topological polar surface area (TPSA) is 96.5 Å². The number of nitrogens with zero attached hydrogens (tertiary/aromatic N) is 3. The molecule has 0 radical (unpaired) electrons. The first-order valence-corrected chi connectivity index (χ1v) is 12.4. The van der Waals surface area contributed by atoms with Gasteiger partial charge in [0.05, 0.1) is 10.6 Å². The van der Waals surface area contributed by atoms with Crippen molar-refractivity contribution >= 4 is 27.5 Å². The summed E-state index contributed by atoms with van der Waals surface area (Å²) in [5.74, 6) is 0.987. The number of rotatable bonds is 5. The maximum Gasteiger partial charge on any atom is 0.243 e. The van der Waals surface area contributed by atoms with Crippen molar-refractivity contribution in [3.63, 3.8) is 0 Å². The van der Waals surface area contributed by atoms with Crippen molar-refractivity contribution in [2.45, 2.75) is 30.7 Å². The van der Waals surface area contributed by atoms with Crippen molar-refractivity contribution in [1.29, 1.82) is 0 Å². The second-order valence-corrected chi connectivity index (χ2v) is 10.3. The van der Waals surface area contributed by atoms with Gasteiger partial charge in [0, 0.05) is 45.6 Å². The van der Waals surface area contributed by atoms with Gasteiger partial charge in [0.2, 0.25) is 28.6 Å². The number of amides is 2. The van der Waals surface area contributed by atoms with Crippen molar-refractivity contribution in [3.05, 3.63) is 48.0 Å². The van der Waals surface area contributed by atoms with Crippen LogP contribution in [0.5, 0.6) is 11.5 Å². The minimum Gasteiger partial charge on any atom is -0.454 e. The summed E-state index contributed by atoms with van der Waals surface area (Å²) in [7, 11) is -3.66. The van der Waals surface area contributed by atoms with Crippen LogP contribution in [0, 0.1) is 0 Å². The Balaban J connectivity index is 1.22. The number of piperidine rings is 1. The third kappa shape index (κ3) is 4.33. The first kappa shape index (κ1) is 21.9. The molecule has 0 spiro atoms. The number of hydrogen-bond acceptors (Lipinski definition) is 7. The molecule has 0 saturated carbocycles. The first-order valence-electron chi connectivity index (χ1n) is 11.0. The van der Waals surface area contributed by atoms with Crippen LogP contribution in [0.3, 0.4) is 0 Å². The molecule has 2 amide bonds. The molecular weight excluding hydrogens is 446 g/mol. The predicted octanol–water partition coefficient (Wildman–Crippen LogP) is 1.97. The van der Waals surface area contributed by atoms with Gasteiger partial charge in [-0.1, -0.05) is 6.07 Å². The molecule has 0 aliphatic carbocycles. The van der Waals surface area contributed by atoms with E-state index in [1.54, 1.807) is 0 Å². The summed E-state index contributed by atoms with van der Waals surface area (Å²) in [6.07, 6.45) is 1.20. The lowest BCUT2D eigenvalue weighted by molar-refractivity contribution is -0.129. The normalized spacial score (nSPS) is 19.8. The maximum atomic E-state index is 13.1. The van der Waals surface area contributed by atoms with Gasteiger partial charge in [-0.25, -0.2) is 8.42 Å². The number of sulfonamides is 1. The summed E-state index contributed by atoms with van der Waals surface area (Å²) in [4.78, 5) is 27.7. The fourth-order valence-electron chi connectivity index (χ4n) is 4.38. The Hall–Kier alpha value is -2.95. The van der Waals surface area contributed by atoms with Gasteiger partial charge in [0.25, 0.3) is 0 Å². The summed E-state index contributed by atoms with van der Waals surface area (Å²) < 4.78 is 38.5. The van der Waals surface area contributed by atoms with Crippen molar-refractivity contribution in [2.75, 3.05) is 37.9 Å². The standard InChI is InChI=1S/C23H25N3O6S/c27-22-2-1-3-23(28)26(22)18-5-7-19(8-6-18)33(29,30)25-12-10-24(11-13-25)15-17-4-9-20-21(14-17)32-16-31-20/h4-9,14H,1-3,10-13,15-16H2. The Morgan fingerprint density at radius 1 is 0.818 bits per heavy atom. The van der Waals surface area contributed by atoms with Gasteiger partial charge in [0.15, 0.2) is 11.5 Å². The molecular formula is C23H25N3O6S. The number of fused-ring (bicyclic) bond motifs is 1. The molecule has 0 aromatic heterocycles. The quantitative estimate of drug-likeness (QED) is 0.615. The van der Waals surface area contributed by atoms with Crippen molar-refractivity contribution < 1.29 is 27.5 Å². The van der Waals surface area contributed by atoms with E-state index >= 15 is 0 Å². The average molecular weight is 472 g/mol. The van der Waals surface area contributed by atoms with E-state index in [1.165, 1.54) is 28.6 Å². The predicted molar refractivity (Wildman–Crippen MR) is 119 cm³/mol. The Labute approximate surface area is 192 Å². The van der Waals surface area contributed by atoms with Gasteiger partial charge in [0.1, 0.15) is 0 Å². The minimum absolute atomic E-state index is 0.160. The molecule has 3 heterocycles. The van der Waals surface area contributed by atoms with Gasteiger partial charge < -0.3 is 9.47 Å². The lowest BCUT2D eigenvalue weighted by atomic mass is 10.1. The molecule has 2 saturated heterocycles. The maximum absolute atomic E-state index is 13.1. The third-order valence-electron chi connectivity index (χ3n) is 6.19. The number of hydrogen-bond donors (Lipinski definition) is 0. The molecule has 2 aromatic carbocycles. The van der Waals surface area contributed by atoms with Crippen LogP contribution in [-0.2, 0) is 26.2 Å². The lowest BCUT2D eigenvalue weighted by Crippen LogP contribution is -2.48. The van der Waals surface area contributed by atoms with Crippen molar-refractivity contribution in [3.8, 4) is 11.5 Å². The minimum atomic E-state index is -3.66. The van der Waals surface area contributed by atoms with E-state index in [4.69, 9.17) is 9.47 Å². The molecule has 10 heteroatoms. The molecule has 3 aliphatic heterocycles. The molecule has 9 nitrogen and oxygen atoms in total. The SMILES string of the molecule is O=C1CCCC(=O)N1c1ccc(S(=O)(=O)N2CCN(Cc3ccc4c(c3)OCO4)CC2)cc1. The second kappa shape index (κ2) is 8.77. The lowest BCUT2D eigenvalue weighted by Gasteiger charge is -2.34. The van der Waals surface area contributed by atoms with Gasteiger partial charge in [-0.3, -0.25) is 19.4 Å². The smallest absolute Gasteiger partial charge is 0.243 e. The monoisotopic (exact) mass is 471 g/mol. The average Bonchev–Trinajstić information content (AvgIpc) is 3.28. The molecule has 0 N–H and O–H groups in total. The van der Waals surface area contributed by atoms with E-state index in [-0.39, 0.29) is 23.5 Å². The van der Waals surface area contributed by atoms with Crippen molar-refractivity contribution in [2.24, 2.45) is 0 Å². The zero-order valence-electron chi connectivity index (χ0n) is 18.1. The van der Waals surface area contributed by atoms with E-state index in [9.17, 15) is 18.0 Å².